The molecular formula is C26H26N4O2. The summed E-state index contributed by atoms with van der Waals surface area (Å²) in [7, 11) is 4.02. The van der Waals surface area contributed by atoms with Crippen LogP contribution >= 0.6 is 0 Å². The Morgan fingerprint density at radius 1 is 0.656 bits per heavy atom. The normalized spacial score (nSPS) is 18.6. The quantitative estimate of drug-likeness (QED) is 0.469. The van der Waals surface area contributed by atoms with Gasteiger partial charge in [0.25, 0.3) is 0 Å². The zero-order valence-electron chi connectivity index (χ0n) is 18.7. The maximum atomic E-state index is 12.8. The molecule has 0 unspecified atom stereocenters. The molecule has 6 heteroatoms. The van der Waals surface area contributed by atoms with Gasteiger partial charge in [0.15, 0.2) is 0 Å². The Kier molecular flexibility index (Phi) is 4.66. The molecule has 0 spiro atoms. The van der Waals surface area contributed by atoms with Crippen LogP contribution in [0.15, 0.2) is 73.3 Å². The fraction of sp³-hybridized carbons (Fsp3) is 0.231. The SMILES string of the molecule is CC(=O)N1C=CN(C(C)=O)[C@H](c2cn(C)c3ccccc23)[C@H]1c1cn(C)c2ccccc12. The van der Waals surface area contributed by atoms with Crippen LogP contribution in [0.1, 0.15) is 37.1 Å². The molecule has 162 valence electrons. The number of carbonyl (C=O) groups excluding carboxylic acids is 2. The van der Waals surface area contributed by atoms with Gasteiger partial charge in [-0.1, -0.05) is 36.4 Å². The van der Waals surface area contributed by atoms with E-state index in [-0.39, 0.29) is 23.9 Å². The van der Waals surface area contributed by atoms with Crippen LogP contribution in [0.25, 0.3) is 21.8 Å². The second kappa shape index (κ2) is 7.41. The maximum Gasteiger partial charge on any atom is 0.224 e. The molecule has 0 aliphatic carbocycles. The largest absolute Gasteiger partial charge is 0.350 e. The average Bonchev–Trinajstić information content (AvgIpc) is 3.30. The van der Waals surface area contributed by atoms with E-state index in [1.165, 1.54) is 0 Å². The summed E-state index contributed by atoms with van der Waals surface area (Å²) in [5.41, 5.74) is 4.22. The molecular weight excluding hydrogens is 400 g/mol. The molecule has 3 heterocycles. The van der Waals surface area contributed by atoms with Gasteiger partial charge in [0.1, 0.15) is 0 Å². The lowest BCUT2D eigenvalue weighted by Gasteiger charge is -2.43. The minimum absolute atomic E-state index is 0.0624. The van der Waals surface area contributed by atoms with E-state index < -0.39 is 0 Å². The van der Waals surface area contributed by atoms with Gasteiger partial charge in [-0.05, 0) is 12.1 Å². The summed E-state index contributed by atoms with van der Waals surface area (Å²) in [4.78, 5) is 29.1. The molecule has 32 heavy (non-hydrogen) atoms. The Hall–Kier alpha value is -3.80. The first-order valence-electron chi connectivity index (χ1n) is 10.7. The van der Waals surface area contributed by atoms with Gasteiger partial charge in [0.05, 0.1) is 12.1 Å². The van der Waals surface area contributed by atoms with E-state index >= 15 is 0 Å². The minimum atomic E-state index is -0.363. The summed E-state index contributed by atoms with van der Waals surface area (Å²) in [6.45, 7) is 3.15. The molecule has 1 aliphatic heterocycles. The van der Waals surface area contributed by atoms with Gasteiger partial charge < -0.3 is 18.9 Å². The van der Waals surface area contributed by atoms with E-state index in [9.17, 15) is 9.59 Å². The van der Waals surface area contributed by atoms with Crippen molar-refractivity contribution in [2.75, 3.05) is 0 Å². The summed E-state index contributed by atoms with van der Waals surface area (Å²) in [6, 6.07) is 15.6. The second-order valence-electron chi connectivity index (χ2n) is 8.47. The highest BCUT2D eigenvalue weighted by atomic mass is 16.2. The highest BCUT2D eigenvalue weighted by Gasteiger charge is 2.41. The van der Waals surface area contributed by atoms with Crippen LogP contribution in [-0.2, 0) is 23.7 Å². The Bertz CT molecular complexity index is 1290. The van der Waals surface area contributed by atoms with E-state index in [2.05, 4.69) is 45.8 Å². The van der Waals surface area contributed by atoms with Crippen molar-refractivity contribution in [3.8, 4) is 0 Å². The Balaban J connectivity index is 1.83. The van der Waals surface area contributed by atoms with Crippen LogP contribution in [0.5, 0.6) is 0 Å². The monoisotopic (exact) mass is 426 g/mol. The predicted octanol–water partition coefficient (Wildman–Crippen LogP) is 4.63. The van der Waals surface area contributed by atoms with E-state index in [0.29, 0.717) is 0 Å². The molecule has 5 rings (SSSR count). The number of fused-ring (bicyclic) bond motifs is 2. The Morgan fingerprint density at radius 2 is 1.03 bits per heavy atom. The zero-order valence-corrected chi connectivity index (χ0v) is 18.7. The topological polar surface area (TPSA) is 50.5 Å². The smallest absolute Gasteiger partial charge is 0.224 e. The summed E-state index contributed by atoms with van der Waals surface area (Å²) in [5.74, 6) is -0.125. The molecule has 6 nitrogen and oxygen atoms in total. The molecule has 2 amide bonds. The van der Waals surface area contributed by atoms with Crippen molar-refractivity contribution in [2.24, 2.45) is 14.1 Å². The van der Waals surface area contributed by atoms with Crippen molar-refractivity contribution in [3.63, 3.8) is 0 Å². The van der Waals surface area contributed by atoms with Crippen molar-refractivity contribution < 1.29 is 9.59 Å². The minimum Gasteiger partial charge on any atom is -0.350 e. The average molecular weight is 427 g/mol. The molecule has 0 saturated carbocycles. The Morgan fingerprint density at radius 3 is 1.41 bits per heavy atom. The first-order valence-corrected chi connectivity index (χ1v) is 10.7. The summed E-state index contributed by atoms with van der Waals surface area (Å²) < 4.78 is 4.17. The van der Waals surface area contributed by atoms with Crippen LogP contribution in [0.3, 0.4) is 0 Å². The number of nitrogens with zero attached hydrogens (tertiary/aromatic N) is 4. The van der Waals surface area contributed by atoms with Gasteiger partial charge in [-0.3, -0.25) is 9.59 Å². The fourth-order valence-electron chi connectivity index (χ4n) is 5.09. The van der Waals surface area contributed by atoms with Crippen LogP contribution in [0.2, 0.25) is 0 Å². The molecule has 0 bridgehead atoms. The van der Waals surface area contributed by atoms with Crippen LogP contribution < -0.4 is 0 Å². The number of rotatable bonds is 2. The van der Waals surface area contributed by atoms with Crippen LogP contribution in [0, 0.1) is 0 Å². The number of aryl methyl sites for hydroxylation is 2. The first-order chi connectivity index (χ1) is 15.4. The van der Waals surface area contributed by atoms with E-state index in [0.717, 1.165) is 32.9 Å². The van der Waals surface area contributed by atoms with Gasteiger partial charge in [-0.15, -0.1) is 0 Å². The van der Waals surface area contributed by atoms with Crippen molar-refractivity contribution in [1.82, 2.24) is 18.9 Å². The zero-order chi connectivity index (χ0) is 22.6. The third kappa shape index (κ3) is 2.94. The van der Waals surface area contributed by atoms with Crippen LogP contribution in [-0.4, -0.2) is 30.7 Å². The number of benzene rings is 2. The van der Waals surface area contributed by atoms with Gasteiger partial charge in [0.2, 0.25) is 11.8 Å². The van der Waals surface area contributed by atoms with E-state index in [1.807, 2.05) is 38.4 Å². The molecule has 4 aromatic rings. The molecule has 0 saturated heterocycles. The highest BCUT2D eigenvalue weighted by Crippen LogP contribution is 2.46. The molecule has 2 aromatic heterocycles. The van der Waals surface area contributed by atoms with Crippen molar-refractivity contribution in [3.05, 3.63) is 84.5 Å². The van der Waals surface area contributed by atoms with Crippen molar-refractivity contribution in [1.29, 1.82) is 0 Å². The second-order valence-corrected chi connectivity index (χ2v) is 8.47. The molecule has 1 aliphatic rings. The molecule has 0 radical (unpaired) electrons. The Labute approximate surface area is 186 Å². The third-order valence-corrected chi connectivity index (χ3v) is 6.51. The number of carbonyl (C=O) groups is 2. The number of hydrogen-bond donors (Lipinski definition) is 0. The molecule has 0 fully saturated rings. The fourth-order valence-corrected chi connectivity index (χ4v) is 5.09. The maximum absolute atomic E-state index is 12.8. The number of para-hydroxylation sites is 2. The van der Waals surface area contributed by atoms with E-state index in [4.69, 9.17) is 0 Å². The lowest BCUT2D eigenvalue weighted by atomic mass is 9.89. The lowest BCUT2D eigenvalue weighted by Crippen LogP contribution is -2.44. The van der Waals surface area contributed by atoms with Gasteiger partial charge >= 0.3 is 0 Å². The number of amides is 2. The lowest BCUT2D eigenvalue weighted by molar-refractivity contribution is -0.136. The molecule has 2 aromatic carbocycles. The molecule has 0 N–H and O–H groups in total. The number of aromatic nitrogens is 2. The summed E-state index contributed by atoms with van der Waals surface area (Å²) in [5, 5.41) is 2.16. The standard InChI is InChI=1S/C26H26N4O2/c1-17(31)29-13-14-30(18(2)32)26(22-16-28(4)24-12-8-6-10-20(22)24)25(29)21-15-27(3)23-11-7-5-9-19(21)23/h5-16,25-26H,1-4H3/t25-,26-/m1/s1. The third-order valence-electron chi connectivity index (χ3n) is 6.51. The van der Waals surface area contributed by atoms with Gasteiger partial charge in [0, 0.05) is 85.7 Å². The molecule has 2 atom stereocenters. The van der Waals surface area contributed by atoms with Crippen molar-refractivity contribution in [2.45, 2.75) is 25.9 Å². The summed E-state index contributed by atoms with van der Waals surface area (Å²) in [6.07, 6.45) is 7.64. The van der Waals surface area contributed by atoms with E-state index in [1.54, 1.807) is 36.0 Å². The van der Waals surface area contributed by atoms with Crippen molar-refractivity contribution >= 4 is 33.6 Å². The first kappa shape index (κ1) is 20.1. The predicted molar refractivity (Wildman–Crippen MR) is 126 cm³/mol. The van der Waals surface area contributed by atoms with Gasteiger partial charge in [-0.25, -0.2) is 0 Å². The van der Waals surface area contributed by atoms with Crippen LogP contribution in [0.4, 0.5) is 0 Å². The number of hydrogen-bond acceptors (Lipinski definition) is 2. The highest BCUT2D eigenvalue weighted by molar-refractivity contribution is 5.89. The summed E-state index contributed by atoms with van der Waals surface area (Å²) >= 11 is 0. The van der Waals surface area contributed by atoms with Gasteiger partial charge in [-0.2, -0.15) is 0 Å².